The van der Waals surface area contributed by atoms with Crippen LogP contribution in [0.4, 0.5) is 20.4 Å². The number of hydrogen-bond acceptors (Lipinski definition) is 4. The van der Waals surface area contributed by atoms with Crippen LogP contribution in [0.5, 0.6) is 0 Å². The molecule has 2 aromatic heterocycles. The van der Waals surface area contributed by atoms with E-state index in [4.69, 9.17) is 0 Å². The molecule has 27 heavy (non-hydrogen) atoms. The number of fused-ring (bicyclic) bond motifs is 1. The second-order valence-corrected chi connectivity index (χ2v) is 6.75. The van der Waals surface area contributed by atoms with Gasteiger partial charge in [0, 0.05) is 23.5 Å². The van der Waals surface area contributed by atoms with Gasteiger partial charge in [-0.2, -0.15) is 4.98 Å². The molecule has 3 heterocycles. The van der Waals surface area contributed by atoms with Crippen LogP contribution >= 0.6 is 0 Å². The van der Waals surface area contributed by atoms with Crippen LogP contribution in [0.3, 0.4) is 0 Å². The van der Waals surface area contributed by atoms with Crippen molar-refractivity contribution in [2.75, 3.05) is 5.32 Å². The monoisotopic (exact) mass is 368 g/mol. The zero-order chi connectivity index (χ0) is 19.1. The average molecular weight is 368 g/mol. The van der Waals surface area contributed by atoms with Gasteiger partial charge in [-0.3, -0.25) is 9.78 Å². The van der Waals surface area contributed by atoms with Crippen LogP contribution in [0.2, 0.25) is 0 Å². The molecule has 1 N–H and O–H groups in total. The van der Waals surface area contributed by atoms with Gasteiger partial charge in [-0.25, -0.2) is 8.78 Å². The predicted molar refractivity (Wildman–Crippen MR) is 98.3 cm³/mol. The van der Waals surface area contributed by atoms with E-state index in [1.165, 1.54) is 18.2 Å². The number of nitrogens with zero attached hydrogens (tertiary/aromatic N) is 3. The fourth-order valence-corrected chi connectivity index (χ4v) is 3.60. The highest BCUT2D eigenvalue weighted by Gasteiger charge is 2.27. The Morgan fingerprint density at radius 2 is 1.81 bits per heavy atom. The Balaban J connectivity index is 1.81. The highest BCUT2D eigenvalue weighted by Crippen LogP contribution is 2.35. The summed E-state index contributed by atoms with van der Waals surface area (Å²) in [5, 5.41) is 3.17. The predicted octanol–water partition coefficient (Wildman–Crippen LogP) is 3.81. The van der Waals surface area contributed by atoms with Gasteiger partial charge in [0.25, 0.3) is 5.56 Å². The molecule has 5 nitrogen and oxygen atoms in total. The topological polar surface area (TPSA) is 59.8 Å². The van der Waals surface area contributed by atoms with E-state index in [0.29, 0.717) is 24.4 Å². The zero-order valence-corrected chi connectivity index (χ0v) is 15.0. The van der Waals surface area contributed by atoms with Crippen molar-refractivity contribution >= 4 is 11.6 Å². The summed E-state index contributed by atoms with van der Waals surface area (Å²) in [4.78, 5) is 20.5. The van der Waals surface area contributed by atoms with E-state index in [-0.39, 0.29) is 11.6 Å². The molecule has 0 fully saturated rings. The number of pyridine rings is 1. The summed E-state index contributed by atoms with van der Waals surface area (Å²) in [5.74, 6) is -0.903. The van der Waals surface area contributed by atoms with Crippen molar-refractivity contribution in [2.45, 2.75) is 32.7 Å². The van der Waals surface area contributed by atoms with Gasteiger partial charge in [0.1, 0.15) is 11.6 Å². The lowest BCUT2D eigenvalue weighted by atomic mass is 10.0. The minimum absolute atomic E-state index is 0.306. The van der Waals surface area contributed by atoms with E-state index in [1.54, 1.807) is 0 Å². The Bertz CT molecular complexity index is 1070. The molecule has 1 aromatic carbocycles. The maximum Gasteiger partial charge on any atom is 0.274 e. The number of nitrogens with one attached hydrogen (secondary N) is 1. The third-order valence-corrected chi connectivity index (χ3v) is 4.77. The van der Waals surface area contributed by atoms with Crippen molar-refractivity contribution in [3.8, 4) is 0 Å². The van der Waals surface area contributed by atoms with Crippen molar-refractivity contribution in [2.24, 2.45) is 0 Å². The number of halogens is 2. The van der Waals surface area contributed by atoms with Gasteiger partial charge >= 0.3 is 0 Å². The third-order valence-electron chi connectivity index (χ3n) is 4.77. The average Bonchev–Trinajstić information content (AvgIpc) is 3.00. The SMILES string of the molecule is Cc1ccc(Nc2nc(=O)cc3n2C(c2cc(F)cc(F)c2)CC3)c(C)n1. The summed E-state index contributed by atoms with van der Waals surface area (Å²) in [6.45, 7) is 3.76. The molecule has 0 radical (unpaired) electrons. The number of benzene rings is 1. The maximum atomic E-state index is 13.7. The molecule has 1 aliphatic rings. The molecule has 1 atom stereocenters. The van der Waals surface area contributed by atoms with Crippen LogP contribution in [-0.2, 0) is 6.42 Å². The van der Waals surface area contributed by atoms with Crippen LogP contribution in [0, 0.1) is 25.5 Å². The summed E-state index contributed by atoms with van der Waals surface area (Å²) in [6.07, 6.45) is 1.26. The molecular formula is C20H18F2N4O. The summed E-state index contributed by atoms with van der Waals surface area (Å²) >= 11 is 0. The smallest absolute Gasteiger partial charge is 0.274 e. The molecule has 3 aromatic rings. The van der Waals surface area contributed by atoms with Gasteiger partial charge in [0.15, 0.2) is 0 Å². The Hall–Kier alpha value is -3.09. The van der Waals surface area contributed by atoms with Crippen molar-refractivity contribution in [1.29, 1.82) is 0 Å². The highest BCUT2D eigenvalue weighted by molar-refractivity contribution is 5.57. The number of aromatic nitrogens is 3. The zero-order valence-electron chi connectivity index (χ0n) is 15.0. The van der Waals surface area contributed by atoms with E-state index in [9.17, 15) is 13.6 Å². The van der Waals surface area contributed by atoms with Crippen LogP contribution in [0.1, 0.15) is 35.1 Å². The molecule has 0 saturated heterocycles. The third kappa shape index (κ3) is 3.32. The molecule has 1 aliphatic heterocycles. The number of rotatable bonds is 3. The van der Waals surface area contributed by atoms with Crippen LogP contribution < -0.4 is 10.9 Å². The van der Waals surface area contributed by atoms with Crippen molar-refractivity contribution in [3.63, 3.8) is 0 Å². The fourth-order valence-electron chi connectivity index (χ4n) is 3.60. The maximum absolute atomic E-state index is 13.7. The van der Waals surface area contributed by atoms with Crippen molar-refractivity contribution in [1.82, 2.24) is 14.5 Å². The lowest BCUT2D eigenvalue weighted by Crippen LogP contribution is -2.19. The van der Waals surface area contributed by atoms with Gasteiger partial charge in [0.2, 0.25) is 5.95 Å². The highest BCUT2D eigenvalue weighted by atomic mass is 19.1. The molecule has 0 spiro atoms. The molecule has 0 amide bonds. The lowest BCUT2D eigenvalue weighted by molar-refractivity contribution is 0.559. The molecule has 0 saturated carbocycles. The van der Waals surface area contributed by atoms with Gasteiger partial charge in [-0.05, 0) is 56.5 Å². The van der Waals surface area contributed by atoms with Gasteiger partial charge in [-0.15, -0.1) is 0 Å². The Morgan fingerprint density at radius 1 is 1.07 bits per heavy atom. The lowest BCUT2D eigenvalue weighted by Gasteiger charge is -2.21. The van der Waals surface area contributed by atoms with Crippen molar-refractivity contribution < 1.29 is 8.78 Å². The fraction of sp³-hybridized carbons (Fsp3) is 0.250. The minimum atomic E-state index is -0.624. The van der Waals surface area contributed by atoms with Gasteiger partial charge in [0.05, 0.1) is 17.4 Å². The summed E-state index contributed by atoms with van der Waals surface area (Å²) < 4.78 is 29.3. The second-order valence-electron chi connectivity index (χ2n) is 6.75. The van der Waals surface area contributed by atoms with Gasteiger partial charge < -0.3 is 9.88 Å². The van der Waals surface area contributed by atoms with E-state index in [0.717, 1.165) is 28.8 Å². The quantitative estimate of drug-likeness (QED) is 0.764. The molecule has 138 valence electrons. The van der Waals surface area contributed by atoms with E-state index in [2.05, 4.69) is 15.3 Å². The van der Waals surface area contributed by atoms with E-state index in [1.807, 2.05) is 30.5 Å². The molecule has 4 rings (SSSR count). The van der Waals surface area contributed by atoms with Crippen LogP contribution in [0.25, 0.3) is 0 Å². The summed E-state index contributed by atoms with van der Waals surface area (Å²) in [5.41, 5.74) is 3.32. The first kappa shape index (κ1) is 17.3. The first-order chi connectivity index (χ1) is 12.9. The number of hydrogen-bond donors (Lipinski definition) is 1. The van der Waals surface area contributed by atoms with E-state index >= 15 is 0 Å². The molecule has 0 bridgehead atoms. The Kier molecular flexibility index (Phi) is 4.22. The summed E-state index contributed by atoms with van der Waals surface area (Å²) in [7, 11) is 0. The second kappa shape index (κ2) is 6.57. The molecule has 0 aliphatic carbocycles. The number of anilines is 2. The summed E-state index contributed by atoms with van der Waals surface area (Å²) in [6, 6.07) is 8.40. The van der Waals surface area contributed by atoms with Gasteiger partial charge in [-0.1, -0.05) is 0 Å². The molecular weight excluding hydrogens is 350 g/mol. The van der Waals surface area contributed by atoms with E-state index < -0.39 is 11.6 Å². The first-order valence-corrected chi connectivity index (χ1v) is 8.70. The molecule has 1 unspecified atom stereocenters. The first-order valence-electron chi connectivity index (χ1n) is 8.70. The standard InChI is InChI=1S/C20H18F2N4O/c1-11-3-5-17(12(2)23-11)24-20-25-19(27)10-16-4-6-18(26(16)20)13-7-14(21)9-15(22)8-13/h3,5,7-10,18H,4,6H2,1-2H3,(H,24,25,27). The normalized spacial score (nSPS) is 15.6. The number of aryl methyl sites for hydroxylation is 3. The minimum Gasteiger partial charge on any atom is -0.324 e. The Morgan fingerprint density at radius 3 is 2.52 bits per heavy atom. The molecule has 7 heteroatoms. The van der Waals surface area contributed by atoms with Crippen LogP contribution in [-0.4, -0.2) is 14.5 Å². The van der Waals surface area contributed by atoms with Crippen LogP contribution in [0.15, 0.2) is 41.2 Å². The van der Waals surface area contributed by atoms with Crippen molar-refractivity contribution in [3.05, 3.63) is 81.0 Å². The largest absolute Gasteiger partial charge is 0.324 e. The Labute approximate surface area is 154 Å².